The van der Waals surface area contributed by atoms with Crippen LogP contribution in [-0.4, -0.2) is 49.8 Å². The third kappa shape index (κ3) is 2.66. The first-order valence-electron chi connectivity index (χ1n) is 4.91. The monoisotopic (exact) mass is 221 g/mol. The van der Waals surface area contributed by atoms with Crippen LogP contribution < -0.4 is 5.73 Å². The Morgan fingerprint density at radius 2 is 1.93 bits per heavy atom. The topological polar surface area (TPSA) is 66.6 Å². The number of nitrogens with two attached hydrogens (primary N) is 1. The molecule has 14 heavy (non-hydrogen) atoms. The maximum absolute atomic E-state index is 11.9. The average molecular weight is 221 g/mol. The Morgan fingerprint density at radius 1 is 1.43 bits per heavy atom. The highest BCUT2D eigenvalue weighted by Crippen LogP contribution is 2.15. The van der Waals surface area contributed by atoms with E-state index in [2.05, 4.69) is 0 Å². The molecule has 1 aliphatic rings. The van der Waals surface area contributed by atoms with Gasteiger partial charge in [-0.1, -0.05) is 0 Å². The van der Waals surface area contributed by atoms with Crippen LogP contribution in [-0.2, 0) is 10.2 Å². The number of likely N-dealkylation sites (N-methyl/N-ethyl adjacent to an activating group) is 1. The van der Waals surface area contributed by atoms with Gasteiger partial charge in [-0.2, -0.15) is 17.0 Å². The zero-order valence-corrected chi connectivity index (χ0v) is 9.63. The molecule has 6 heteroatoms. The van der Waals surface area contributed by atoms with Gasteiger partial charge in [0, 0.05) is 32.7 Å². The van der Waals surface area contributed by atoms with E-state index in [9.17, 15) is 8.42 Å². The highest BCUT2D eigenvalue weighted by Gasteiger charge is 2.29. The SMILES string of the molecule is CC(N)CN(C)S(=O)(=O)N1CCCC1. The van der Waals surface area contributed by atoms with Crippen LogP contribution in [0, 0.1) is 0 Å². The standard InChI is InChI=1S/C8H19N3O2S/c1-8(9)7-10(2)14(12,13)11-5-3-4-6-11/h8H,3-7,9H2,1-2H3. The van der Waals surface area contributed by atoms with Crippen molar-refractivity contribution in [1.82, 2.24) is 8.61 Å². The third-order valence-corrected chi connectivity index (χ3v) is 4.28. The molecule has 0 bridgehead atoms. The van der Waals surface area contributed by atoms with Crippen LogP contribution in [0.4, 0.5) is 0 Å². The minimum absolute atomic E-state index is 0.127. The summed E-state index contributed by atoms with van der Waals surface area (Å²) in [4.78, 5) is 0. The Balaban J connectivity index is 2.63. The van der Waals surface area contributed by atoms with Crippen molar-refractivity contribution in [3.8, 4) is 0 Å². The van der Waals surface area contributed by atoms with Crippen molar-refractivity contribution in [2.75, 3.05) is 26.7 Å². The van der Waals surface area contributed by atoms with Gasteiger partial charge in [0.05, 0.1) is 0 Å². The van der Waals surface area contributed by atoms with Crippen molar-refractivity contribution in [1.29, 1.82) is 0 Å². The van der Waals surface area contributed by atoms with Crippen LogP contribution >= 0.6 is 0 Å². The van der Waals surface area contributed by atoms with E-state index in [0.29, 0.717) is 19.6 Å². The predicted octanol–water partition coefficient (Wildman–Crippen LogP) is -0.394. The van der Waals surface area contributed by atoms with Gasteiger partial charge in [0.1, 0.15) is 0 Å². The first-order chi connectivity index (χ1) is 6.44. The lowest BCUT2D eigenvalue weighted by Crippen LogP contribution is -2.44. The molecule has 1 heterocycles. The van der Waals surface area contributed by atoms with Crippen molar-refractivity contribution < 1.29 is 8.42 Å². The van der Waals surface area contributed by atoms with Crippen molar-refractivity contribution in [2.45, 2.75) is 25.8 Å². The van der Waals surface area contributed by atoms with Crippen molar-refractivity contribution in [3.05, 3.63) is 0 Å². The zero-order valence-electron chi connectivity index (χ0n) is 8.81. The molecule has 0 saturated carbocycles. The van der Waals surface area contributed by atoms with E-state index in [4.69, 9.17) is 5.73 Å². The van der Waals surface area contributed by atoms with Crippen LogP contribution in [0.5, 0.6) is 0 Å². The molecule has 2 N–H and O–H groups in total. The van der Waals surface area contributed by atoms with Gasteiger partial charge in [0.2, 0.25) is 0 Å². The average Bonchev–Trinajstić information content (AvgIpc) is 2.54. The summed E-state index contributed by atoms with van der Waals surface area (Å²) in [5.74, 6) is 0. The molecule has 84 valence electrons. The first-order valence-corrected chi connectivity index (χ1v) is 6.31. The summed E-state index contributed by atoms with van der Waals surface area (Å²) in [6.45, 7) is 3.46. The Hall–Kier alpha value is -0.170. The van der Waals surface area contributed by atoms with Gasteiger partial charge in [-0.3, -0.25) is 0 Å². The van der Waals surface area contributed by atoms with Gasteiger partial charge in [-0.25, -0.2) is 0 Å². The number of hydrogen-bond donors (Lipinski definition) is 1. The fourth-order valence-corrected chi connectivity index (χ4v) is 3.15. The number of nitrogens with zero attached hydrogens (tertiary/aromatic N) is 2. The number of rotatable bonds is 4. The summed E-state index contributed by atoms with van der Waals surface area (Å²) in [5, 5.41) is 0. The fourth-order valence-electron chi connectivity index (χ4n) is 1.62. The molecule has 0 aliphatic carbocycles. The van der Waals surface area contributed by atoms with Crippen molar-refractivity contribution in [2.24, 2.45) is 5.73 Å². The second kappa shape index (κ2) is 4.57. The predicted molar refractivity (Wildman–Crippen MR) is 56.0 cm³/mol. The summed E-state index contributed by atoms with van der Waals surface area (Å²) in [5.41, 5.74) is 5.56. The van der Waals surface area contributed by atoms with Crippen molar-refractivity contribution in [3.63, 3.8) is 0 Å². The van der Waals surface area contributed by atoms with E-state index in [-0.39, 0.29) is 6.04 Å². The summed E-state index contributed by atoms with van der Waals surface area (Å²) in [6.07, 6.45) is 1.93. The summed E-state index contributed by atoms with van der Waals surface area (Å²) < 4.78 is 26.6. The second-order valence-corrected chi connectivity index (χ2v) is 5.91. The smallest absolute Gasteiger partial charge is 0.281 e. The molecule has 0 radical (unpaired) electrons. The molecular weight excluding hydrogens is 202 g/mol. The summed E-state index contributed by atoms with van der Waals surface area (Å²) in [7, 11) is -1.67. The van der Waals surface area contributed by atoms with Gasteiger partial charge in [-0.15, -0.1) is 0 Å². The van der Waals surface area contributed by atoms with Gasteiger partial charge in [-0.05, 0) is 19.8 Å². The molecule has 0 aromatic heterocycles. The quantitative estimate of drug-likeness (QED) is 0.703. The van der Waals surface area contributed by atoms with Crippen LogP contribution in [0.3, 0.4) is 0 Å². The van der Waals surface area contributed by atoms with Crippen LogP contribution in [0.25, 0.3) is 0 Å². The second-order valence-electron chi connectivity index (χ2n) is 3.87. The van der Waals surface area contributed by atoms with Crippen LogP contribution in [0.2, 0.25) is 0 Å². The fraction of sp³-hybridized carbons (Fsp3) is 1.00. The Bertz CT molecular complexity index is 270. The minimum atomic E-state index is -3.25. The molecule has 1 atom stereocenters. The Morgan fingerprint density at radius 3 is 2.36 bits per heavy atom. The minimum Gasteiger partial charge on any atom is -0.327 e. The maximum Gasteiger partial charge on any atom is 0.281 e. The molecule has 1 aliphatic heterocycles. The van der Waals surface area contributed by atoms with E-state index in [1.54, 1.807) is 14.0 Å². The maximum atomic E-state index is 11.9. The molecule has 0 spiro atoms. The first kappa shape index (κ1) is 11.9. The number of hydrogen-bond acceptors (Lipinski definition) is 3. The highest BCUT2D eigenvalue weighted by molar-refractivity contribution is 7.86. The molecule has 1 saturated heterocycles. The van der Waals surface area contributed by atoms with Crippen LogP contribution in [0.1, 0.15) is 19.8 Å². The molecule has 5 nitrogen and oxygen atoms in total. The lowest BCUT2D eigenvalue weighted by atomic mass is 10.4. The molecule has 1 unspecified atom stereocenters. The molecular formula is C8H19N3O2S. The van der Waals surface area contributed by atoms with Gasteiger partial charge in [0.25, 0.3) is 10.2 Å². The van der Waals surface area contributed by atoms with Crippen molar-refractivity contribution >= 4 is 10.2 Å². The lowest BCUT2D eigenvalue weighted by Gasteiger charge is -2.24. The van der Waals surface area contributed by atoms with E-state index < -0.39 is 10.2 Å². The van der Waals surface area contributed by atoms with Crippen LogP contribution in [0.15, 0.2) is 0 Å². The van der Waals surface area contributed by atoms with E-state index in [1.165, 1.54) is 8.61 Å². The zero-order chi connectivity index (χ0) is 10.8. The molecule has 1 fully saturated rings. The van der Waals surface area contributed by atoms with E-state index in [1.807, 2.05) is 0 Å². The largest absolute Gasteiger partial charge is 0.327 e. The Kier molecular flexibility index (Phi) is 3.88. The Labute approximate surface area is 86.0 Å². The summed E-state index contributed by atoms with van der Waals surface area (Å²) in [6, 6.07) is -0.127. The molecule has 1 rings (SSSR count). The molecule has 0 aromatic carbocycles. The van der Waals surface area contributed by atoms with Gasteiger partial charge >= 0.3 is 0 Å². The molecule has 0 amide bonds. The van der Waals surface area contributed by atoms with Gasteiger partial charge in [0.15, 0.2) is 0 Å². The molecule has 0 aromatic rings. The van der Waals surface area contributed by atoms with E-state index in [0.717, 1.165) is 12.8 Å². The third-order valence-electron chi connectivity index (χ3n) is 2.33. The van der Waals surface area contributed by atoms with E-state index >= 15 is 0 Å². The highest BCUT2D eigenvalue weighted by atomic mass is 32.2. The van der Waals surface area contributed by atoms with Gasteiger partial charge < -0.3 is 5.73 Å². The summed E-state index contributed by atoms with van der Waals surface area (Å²) >= 11 is 0. The lowest BCUT2D eigenvalue weighted by molar-refractivity contribution is 0.383. The normalized spacial score (nSPS) is 21.7.